The van der Waals surface area contributed by atoms with E-state index in [4.69, 9.17) is 5.73 Å². The summed E-state index contributed by atoms with van der Waals surface area (Å²) in [5.74, 6) is -0.00711. The minimum atomic E-state index is -0.379. The van der Waals surface area contributed by atoms with E-state index in [0.717, 1.165) is 24.9 Å². The molecule has 1 aliphatic heterocycles. The van der Waals surface area contributed by atoms with Crippen LogP contribution in [0.4, 0.5) is 0 Å². The minimum absolute atomic E-state index is 0.00711. The van der Waals surface area contributed by atoms with Gasteiger partial charge in [0.1, 0.15) is 0 Å². The number of β-amino-alcohol motifs (C(OH)–C–C–N with tert-alkyl or cyclic N) is 1. The fourth-order valence-corrected chi connectivity index (χ4v) is 2.11. The van der Waals surface area contributed by atoms with Crippen molar-refractivity contribution < 1.29 is 9.90 Å². The highest BCUT2D eigenvalue weighted by molar-refractivity contribution is 5.94. The number of hydrogen-bond acceptors (Lipinski definition) is 3. The van der Waals surface area contributed by atoms with Gasteiger partial charge in [-0.25, -0.2) is 0 Å². The number of amides is 1. The van der Waals surface area contributed by atoms with Crippen molar-refractivity contribution in [2.45, 2.75) is 25.5 Å². The van der Waals surface area contributed by atoms with E-state index in [2.05, 4.69) is 0 Å². The SMILES string of the molecule is NCc1ccc(C(=O)N2CCCC(O)C2)cc1. The van der Waals surface area contributed by atoms with Crippen LogP contribution in [0.25, 0.3) is 0 Å². The number of aliphatic hydroxyl groups excluding tert-OH is 1. The lowest BCUT2D eigenvalue weighted by molar-refractivity contribution is 0.0474. The van der Waals surface area contributed by atoms with Crippen molar-refractivity contribution in [3.05, 3.63) is 35.4 Å². The van der Waals surface area contributed by atoms with Crippen LogP contribution in [0.2, 0.25) is 0 Å². The lowest BCUT2D eigenvalue weighted by Crippen LogP contribution is -2.42. The average molecular weight is 234 g/mol. The number of rotatable bonds is 2. The van der Waals surface area contributed by atoms with Gasteiger partial charge in [0, 0.05) is 25.2 Å². The number of aliphatic hydroxyl groups is 1. The summed E-state index contributed by atoms with van der Waals surface area (Å²) in [7, 11) is 0. The van der Waals surface area contributed by atoms with Crippen molar-refractivity contribution in [2.75, 3.05) is 13.1 Å². The molecule has 0 bridgehead atoms. The molecule has 1 aromatic rings. The number of hydrogen-bond donors (Lipinski definition) is 2. The zero-order valence-electron chi connectivity index (χ0n) is 9.80. The first-order valence-corrected chi connectivity index (χ1v) is 5.97. The van der Waals surface area contributed by atoms with E-state index in [0.29, 0.717) is 18.7 Å². The largest absolute Gasteiger partial charge is 0.391 e. The predicted molar refractivity (Wildman–Crippen MR) is 65.5 cm³/mol. The fourth-order valence-electron chi connectivity index (χ4n) is 2.11. The molecule has 0 spiro atoms. The van der Waals surface area contributed by atoms with Crippen LogP contribution in [0.15, 0.2) is 24.3 Å². The summed E-state index contributed by atoms with van der Waals surface area (Å²) in [6, 6.07) is 7.33. The van der Waals surface area contributed by atoms with Crippen LogP contribution >= 0.6 is 0 Å². The maximum atomic E-state index is 12.1. The Kier molecular flexibility index (Phi) is 3.76. The van der Waals surface area contributed by atoms with E-state index in [-0.39, 0.29) is 12.0 Å². The molecule has 0 aromatic heterocycles. The summed E-state index contributed by atoms with van der Waals surface area (Å²) >= 11 is 0. The molecule has 1 aliphatic rings. The highest BCUT2D eigenvalue weighted by Gasteiger charge is 2.22. The Hall–Kier alpha value is -1.39. The van der Waals surface area contributed by atoms with Crippen LogP contribution in [-0.2, 0) is 6.54 Å². The number of carbonyl (C=O) groups excluding carboxylic acids is 1. The third kappa shape index (κ3) is 2.84. The second-order valence-electron chi connectivity index (χ2n) is 4.45. The Bertz CT molecular complexity index is 389. The quantitative estimate of drug-likeness (QED) is 0.793. The van der Waals surface area contributed by atoms with Crippen molar-refractivity contribution in [1.82, 2.24) is 4.90 Å². The number of likely N-dealkylation sites (tertiary alicyclic amines) is 1. The van der Waals surface area contributed by atoms with Crippen LogP contribution in [0, 0.1) is 0 Å². The molecule has 1 amide bonds. The first kappa shape index (κ1) is 12.1. The molecule has 1 atom stereocenters. The van der Waals surface area contributed by atoms with E-state index < -0.39 is 0 Å². The van der Waals surface area contributed by atoms with Gasteiger partial charge < -0.3 is 15.7 Å². The molecule has 92 valence electrons. The number of nitrogens with two attached hydrogens (primary N) is 1. The summed E-state index contributed by atoms with van der Waals surface area (Å²) in [6.07, 6.45) is 1.28. The summed E-state index contributed by atoms with van der Waals surface area (Å²) < 4.78 is 0. The van der Waals surface area contributed by atoms with Gasteiger partial charge >= 0.3 is 0 Å². The molecule has 1 aromatic carbocycles. The van der Waals surface area contributed by atoms with Crippen LogP contribution in [0.1, 0.15) is 28.8 Å². The molecule has 2 rings (SSSR count). The third-order valence-corrected chi connectivity index (χ3v) is 3.12. The molecule has 1 fully saturated rings. The Morgan fingerprint density at radius 3 is 2.71 bits per heavy atom. The minimum Gasteiger partial charge on any atom is -0.391 e. The van der Waals surface area contributed by atoms with Gasteiger partial charge in [0.2, 0.25) is 0 Å². The van der Waals surface area contributed by atoms with Gasteiger partial charge in [-0.1, -0.05) is 12.1 Å². The Balaban J connectivity index is 2.07. The van der Waals surface area contributed by atoms with Gasteiger partial charge in [-0.05, 0) is 30.5 Å². The van der Waals surface area contributed by atoms with E-state index in [1.54, 1.807) is 17.0 Å². The summed E-state index contributed by atoms with van der Waals surface area (Å²) in [6.45, 7) is 1.66. The molecule has 0 saturated carbocycles. The summed E-state index contributed by atoms with van der Waals surface area (Å²) in [4.78, 5) is 13.8. The van der Waals surface area contributed by atoms with Gasteiger partial charge in [0.25, 0.3) is 5.91 Å². The first-order valence-electron chi connectivity index (χ1n) is 5.97. The standard InChI is InChI=1S/C13H18N2O2/c14-8-10-3-5-11(6-4-10)13(17)15-7-1-2-12(16)9-15/h3-6,12,16H,1-2,7-9,14H2. The second kappa shape index (κ2) is 5.29. The molecule has 1 heterocycles. The van der Waals surface area contributed by atoms with Gasteiger partial charge in [-0.2, -0.15) is 0 Å². The zero-order valence-corrected chi connectivity index (χ0v) is 9.80. The molecule has 17 heavy (non-hydrogen) atoms. The van der Waals surface area contributed by atoms with Gasteiger partial charge in [-0.3, -0.25) is 4.79 Å². The topological polar surface area (TPSA) is 66.6 Å². The highest BCUT2D eigenvalue weighted by atomic mass is 16.3. The first-order chi connectivity index (χ1) is 8.20. The number of nitrogens with zero attached hydrogens (tertiary/aromatic N) is 1. The van der Waals surface area contributed by atoms with E-state index in [1.165, 1.54) is 0 Å². The molecule has 0 radical (unpaired) electrons. The highest BCUT2D eigenvalue weighted by Crippen LogP contribution is 2.14. The molecule has 1 unspecified atom stereocenters. The van der Waals surface area contributed by atoms with Crippen molar-refractivity contribution in [1.29, 1.82) is 0 Å². The third-order valence-electron chi connectivity index (χ3n) is 3.12. The van der Waals surface area contributed by atoms with Crippen LogP contribution in [0.3, 0.4) is 0 Å². The molecule has 0 aliphatic carbocycles. The summed E-state index contributed by atoms with van der Waals surface area (Å²) in [5, 5.41) is 9.55. The van der Waals surface area contributed by atoms with E-state index in [9.17, 15) is 9.90 Å². The fraction of sp³-hybridized carbons (Fsp3) is 0.462. The van der Waals surface area contributed by atoms with E-state index >= 15 is 0 Å². The van der Waals surface area contributed by atoms with Gasteiger partial charge in [0.05, 0.1) is 6.10 Å². The lowest BCUT2D eigenvalue weighted by Gasteiger charge is -2.30. The second-order valence-corrected chi connectivity index (χ2v) is 4.45. The van der Waals surface area contributed by atoms with Crippen LogP contribution < -0.4 is 5.73 Å². The van der Waals surface area contributed by atoms with Crippen LogP contribution in [0.5, 0.6) is 0 Å². The van der Waals surface area contributed by atoms with Gasteiger partial charge in [0.15, 0.2) is 0 Å². The van der Waals surface area contributed by atoms with Crippen molar-refractivity contribution in [3.8, 4) is 0 Å². The van der Waals surface area contributed by atoms with Crippen molar-refractivity contribution in [2.24, 2.45) is 5.73 Å². The normalized spacial score (nSPS) is 20.4. The molecular formula is C13H18N2O2. The Morgan fingerprint density at radius 1 is 1.41 bits per heavy atom. The lowest BCUT2D eigenvalue weighted by atomic mass is 10.1. The summed E-state index contributed by atoms with van der Waals surface area (Å²) in [5.41, 5.74) is 7.19. The maximum absolute atomic E-state index is 12.1. The number of piperidine rings is 1. The smallest absolute Gasteiger partial charge is 0.253 e. The average Bonchev–Trinajstić information content (AvgIpc) is 2.38. The number of carbonyl (C=O) groups is 1. The monoisotopic (exact) mass is 234 g/mol. The number of benzene rings is 1. The van der Waals surface area contributed by atoms with Gasteiger partial charge in [-0.15, -0.1) is 0 Å². The molecular weight excluding hydrogens is 216 g/mol. The molecule has 1 saturated heterocycles. The Labute approximate surface area is 101 Å². The zero-order chi connectivity index (χ0) is 12.3. The Morgan fingerprint density at radius 2 is 2.12 bits per heavy atom. The van der Waals surface area contributed by atoms with Crippen LogP contribution in [-0.4, -0.2) is 35.1 Å². The maximum Gasteiger partial charge on any atom is 0.253 e. The molecule has 3 N–H and O–H groups in total. The predicted octanol–water partition coefficient (Wildman–Crippen LogP) is 0.742. The van der Waals surface area contributed by atoms with Crippen molar-refractivity contribution >= 4 is 5.91 Å². The van der Waals surface area contributed by atoms with E-state index in [1.807, 2.05) is 12.1 Å². The van der Waals surface area contributed by atoms with Crippen molar-refractivity contribution in [3.63, 3.8) is 0 Å². The molecule has 4 heteroatoms. The molecule has 4 nitrogen and oxygen atoms in total.